The number of nitrogens with zero attached hydrogens (tertiary/aromatic N) is 2. The molecule has 7 heteroatoms. The molecule has 112 valence electrons. The van der Waals surface area contributed by atoms with E-state index in [4.69, 9.17) is 15.2 Å². The van der Waals surface area contributed by atoms with Crippen LogP contribution in [0.2, 0.25) is 0 Å². The van der Waals surface area contributed by atoms with Gasteiger partial charge in [0.2, 0.25) is 23.6 Å². The van der Waals surface area contributed by atoms with Crippen molar-refractivity contribution in [1.82, 2.24) is 9.97 Å². The number of carbonyl (C=O) groups is 1. The van der Waals surface area contributed by atoms with Gasteiger partial charge in [0, 0.05) is 12.5 Å². The van der Waals surface area contributed by atoms with Crippen LogP contribution in [0.1, 0.15) is 27.2 Å². The lowest BCUT2D eigenvalue weighted by Crippen LogP contribution is -2.38. The van der Waals surface area contributed by atoms with E-state index in [9.17, 15) is 4.79 Å². The lowest BCUT2D eigenvalue weighted by Gasteiger charge is -2.26. The van der Waals surface area contributed by atoms with Crippen molar-refractivity contribution in [3.8, 4) is 11.8 Å². The van der Waals surface area contributed by atoms with Gasteiger partial charge in [-0.15, -0.1) is 0 Å². The lowest BCUT2D eigenvalue weighted by atomic mass is 9.85. The summed E-state index contributed by atoms with van der Waals surface area (Å²) in [6.07, 6.45) is 0.187. The second-order valence-corrected chi connectivity index (χ2v) is 5.50. The first kappa shape index (κ1) is 16.2. The van der Waals surface area contributed by atoms with E-state index in [-0.39, 0.29) is 29.7 Å². The van der Waals surface area contributed by atoms with Gasteiger partial charge in [-0.1, -0.05) is 20.8 Å². The smallest absolute Gasteiger partial charge is 0.236 e. The van der Waals surface area contributed by atoms with E-state index < -0.39 is 0 Å². The zero-order chi connectivity index (χ0) is 15.3. The van der Waals surface area contributed by atoms with Gasteiger partial charge in [0.05, 0.1) is 20.3 Å². The average molecular weight is 282 g/mol. The maximum atomic E-state index is 11.9. The van der Waals surface area contributed by atoms with Gasteiger partial charge in [0.25, 0.3) is 0 Å². The number of carbonyl (C=O) groups excluding carboxylic acids is 1. The lowest BCUT2D eigenvalue weighted by molar-refractivity contribution is -0.117. The number of hydrogen-bond acceptors (Lipinski definition) is 6. The molecular formula is C13H22N4O3. The largest absolute Gasteiger partial charge is 0.481 e. The summed E-state index contributed by atoms with van der Waals surface area (Å²) in [5, 5.41) is 2.59. The van der Waals surface area contributed by atoms with Gasteiger partial charge >= 0.3 is 0 Å². The number of aromatic nitrogens is 2. The molecule has 20 heavy (non-hydrogen) atoms. The molecule has 1 aromatic rings. The number of hydrogen-bond donors (Lipinski definition) is 2. The number of nitrogens with two attached hydrogens (primary N) is 1. The molecule has 0 bridgehead atoms. The second-order valence-electron chi connectivity index (χ2n) is 5.50. The van der Waals surface area contributed by atoms with E-state index in [2.05, 4.69) is 15.3 Å². The van der Waals surface area contributed by atoms with Crippen LogP contribution < -0.4 is 20.5 Å². The molecule has 0 aliphatic heterocycles. The number of amides is 1. The molecule has 0 saturated carbocycles. The fourth-order valence-electron chi connectivity index (χ4n) is 1.35. The fraction of sp³-hybridized carbons (Fsp3) is 0.615. The fourth-order valence-corrected chi connectivity index (χ4v) is 1.35. The summed E-state index contributed by atoms with van der Waals surface area (Å²) < 4.78 is 10.0. The number of ether oxygens (including phenoxy) is 2. The highest BCUT2D eigenvalue weighted by atomic mass is 16.5. The van der Waals surface area contributed by atoms with Crippen LogP contribution in [0.15, 0.2) is 6.07 Å². The highest BCUT2D eigenvalue weighted by molar-refractivity contribution is 5.89. The monoisotopic (exact) mass is 282 g/mol. The van der Waals surface area contributed by atoms with Crippen LogP contribution in [-0.4, -0.2) is 36.1 Å². The predicted octanol–water partition coefficient (Wildman–Crippen LogP) is 1.20. The van der Waals surface area contributed by atoms with Crippen LogP contribution in [0, 0.1) is 5.41 Å². The minimum Gasteiger partial charge on any atom is -0.481 e. The van der Waals surface area contributed by atoms with Crippen molar-refractivity contribution >= 4 is 11.9 Å². The van der Waals surface area contributed by atoms with Crippen molar-refractivity contribution in [1.29, 1.82) is 0 Å². The second kappa shape index (κ2) is 6.51. The summed E-state index contributed by atoms with van der Waals surface area (Å²) in [7, 11) is 2.95. The van der Waals surface area contributed by atoms with Crippen LogP contribution >= 0.6 is 0 Å². The van der Waals surface area contributed by atoms with E-state index in [0.717, 1.165) is 0 Å². The standard InChI is InChI=1S/C13H22N4O3/c1-13(2,3)8(14)6-9(18)15-12-16-10(19-4)7-11(17-12)20-5/h7-8H,6,14H2,1-5H3,(H,15,16,17,18). The molecule has 0 aliphatic rings. The van der Waals surface area contributed by atoms with Gasteiger partial charge in [0.1, 0.15) is 0 Å². The van der Waals surface area contributed by atoms with Gasteiger partial charge in [-0.2, -0.15) is 9.97 Å². The van der Waals surface area contributed by atoms with Gasteiger partial charge < -0.3 is 15.2 Å². The van der Waals surface area contributed by atoms with E-state index in [0.29, 0.717) is 11.8 Å². The molecule has 0 aromatic carbocycles. The quantitative estimate of drug-likeness (QED) is 0.841. The Bertz CT molecular complexity index is 449. The third-order valence-corrected chi connectivity index (χ3v) is 2.87. The molecular weight excluding hydrogens is 260 g/mol. The molecule has 0 fully saturated rings. The Labute approximate surface area is 118 Å². The molecule has 1 amide bonds. The number of nitrogens with one attached hydrogen (secondary N) is 1. The summed E-state index contributed by atoms with van der Waals surface area (Å²) in [6, 6.07) is 1.27. The van der Waals surface area contributed by atoms with Gasteiger partial charge in [-0.25, -0.2) is 0 Å². The first-order valence-electron chi connectivity index (χ1n) is 6.28. The highest BCUT2D eigenvalue weighted by Crippen LogP contribution is 2.21. The molecule has 1 heterocycles. The molecule has 1 atom stereocenters. The van der Waals surface area contributed by atoms with E-state index >= 15 is 0 Å². The van der Waals surface area contributed by atoms with Gasteiger partial charge in [-0.05, 0) is 5.41 Å². The van der Waals surface area contributed by atoms with Crippen LogP contribution in [0.5, 0.6) is 11.8 Å². The molecule has 0 radical (unpaired) electrons. The summed E-state index contributed by atoms with van der Waals surface area (Å²) in [5.41, 5.74) is 5.82. The Balaban J connectivity index is 2.75. The van der Waals surface area contributed by atoms with Crippen LogP contribution in [0.3, 0.4) is 0 Å². The zero-order valence-corrected chi connectivity index (χ0v) is 12.6. The Morgan fingerprint density at radius 2 is 1.80 bits per heavy atom. The molecule has 3 N–H and O–H groups in total. The summed E-state index contributed by atoms with van der Waals surface area (Å²) in [4.78, 5) is 20.0. The average Bonchev–Trinajstić information content (AvgIpc) is 2.36. The molecule has 0 aliphatic carbocycles. The highest BCUT2D eigenvalue weighted by Gasteiger charge is 2.23. The Kier molecular flexibility index (Phi) is 5.26. The van der Waals surface area contributed by atoms with Crippen LogP contribution in [0.4, 0.5) is 5.95 Å². The third kappa shape index (κ3) is 4.65. The molecule has 0 saturated heterocycles. The topological polar surface area (TPSA) is 99.4 Å². The van der Waals surface area contributed by atoms with E-state index in [1.807, 2.05) is 20.8 Å². The zero-order valence-electron chi connectivity index (χ0n) is 12.6. The van der Waals surface area contributed by atoms with Crippen LogP contribution in [-0.2, 0) is 4.79 Å². The van der Waals surface area contributed by atoms with Gasteiger partial charge in [-0.3, -0.25) is 10.1 Å². The van der Waals surface area contributed by atoms with Crippen molar-refractivity contribution in [2.45, 2.75) is 33.2 Å². The van der Waals surface area contributed by atoms with Crippen LogP contribution in [0.25, 0.3) is 0 Å². The molecule has 7 nitrogen and oxygen atoms in total. The molecule has 1 aromatic heterocycles. The summed E-state index contributed by atoms with van der Waals surface area (Å²) in [5.74, 6) is 0.509. The predicted molar refractivity (Wildman–Crippen MR) is 75.8 cm³/mol. The molecule has 1 rings (SSSR count). The number of anilines is 1. The van der Waals surface area contributed by atoms with Crippen molar-refractivity contribution in [2.24, 2.45) is 11.1 Å². The van der Waals surface area contributed by atoms with Crippen molar-refractivity contribution in [3.05, 3.63) is 6.07 Å². The van der Waals surface area contributed by atoms with Gasteiger partial charge in [0.15, 0.2) is 0 Å². The number of methoxy groups -OCH3 is 2. The van der Waals surface area contributed by atoms with Crippen molar-refractivity contribution in [2.75, 3.05) is 19.5 Å². The minimum atomic E-state index is -0.255. The third-order valence-electron chi connectivity index (χ3n) is 2.87. The Hall–Kier alpha value is -1.89. The normalized spacial score (nSPS) is 12.7. The SMILES string of the molecule is COc1cc(OC)nc(NC(=O)CC(N)C(C)(C)C)n1. The summed E-state index contributed by atoms with van der Waals surface area (Å²) >= 11 is 0. The maximum Gasteiger partial charge on any atom is 0.236 e. The maximum absolute atomic E-state index is 11.9. The minimum absolute atomic E-state index is 0.132. The summed E-state index contributed by atoms with van der Waals surface area (Å²) in [6.45, 7) is 5.95. The Morgan fingerprint density at radius 1 is 1.30 bits per heavy atom. The number of rotatable bonds is 5. The first-order chi connectivity index (χ1) is 9.26. The van der Waals surface area contributed by atoms with Crippen molar-refractivity contribution in [3.63, 3.8) is 0 Å². The first-order valence-corrected chi connectivity index (χ1v) is 6.28. The Morgan fingerprint density at radius 3 is 2.20 bits per heavy atom. The van der Waals surface area contributed by atoms with Crippen molar-refractivity contribution < 1.29 is 14.3 Å². The molecule has 1 unspecified atom stereocenters. The van der Waals surface area contributed by atoms with E-state index in [1.54, 1.807) is 0 Å². The van der Waals surface area contributed by atoms with E-state index in [1.165, 1.54) is 20.3 Å². The molecule has 0 spiro atoms.